The van der Waals surface area contributed by atoms with Gasteiger partial charge in [0.25, 0.3) is 0 Å². The van der Waals surface area contributed by atoms with Crippen LogP contribution in [-0.2, 0) is 0 Å². The van der Waals surface area contributed by atoms with Gasteiger partial charge in [-0.05, 0) is 42.8 Å². The van der Waals surface area contributed by atoms with Gasteiger partial charge in [0.1, 0.15) is 5.75 Å². The fourth-order valence-electron chi connectivity index (χ4n) is 2.19. The van der Waals surface area contributed by atoms with Crippen LogP contribution in [0.5, 0.6) is 5.75 Å². The molecule has 3 rings (SSSR count). The molecule has 6 nitrogen and oxygen atoms in total. The van der Waals surface area contributed by atoms with Gasteiger partial charge in [0.2, 0.25) is 5.95 Å². The van der Waals surface area contributed by atoms with Gasteiger partial charge in [-0.3, -0.25) is 0 Å². The van der Waals surface area contributed by atoms with E-state index in [4.69, 9.17) is 4.74 Å². The van der Waals surface area contributed by atoms with Crippen LogP contribution in [0.1, 0.15) is 5.56 Å². The number of methoxy groups -OCH3 is 1. The summed E-state index contributed by atoms with van der Waals surface area (Å²) in [5, 5.41) is 14.4. The highest BCUT2D eigenvalue weighted by Crippen LogP contribution is 2.26. The summed E-state index contributed by atoms with van der Waals surface area (Å²) in [7, 11) is 1.62. The fraction of sp³-hybridized carbons (Fsp3) is 0.118. The molecule has 0 fully saturated rings. The summed E-state index contributed by atoms with van der Waals surface area (Å²) >= 11 is 3.46. The number of ether oxygens (including phenoxy) is 1. The standard InChI is InChI=1S/C17H16BrN5O/c1-11-9-12(18)7-8-13(11)20-16-10-19-23-17(22-16)21-14-5-3-4-6-15(14)24-2/h3-10H,1-2H3,(H2,20,21,22,23). The van der Waals surface area contributed by atoms with Crippen molar-refractivity contribution in [3.05, 3.63) is 58.7 Å². The molecular weight excluding hydrogens is 370 g/mol. The molecule has 0 saturated heterocycles. The zero-order valence-corrected chi connectivity index (χ0v) is 14.8. The van der Waals surface area contributed by atoms with Gasteiger partial charge in [-0.2, -0.15) is 10.1 Å². The Bertz CT molecular complexity index is 856. The number of hydrogen-bond acceptors (Lipinski definition) is 6. The van der Waals surface area contributed by atoms with E-state index in [9.17, 15) is 0 Å². The predicted molar refractivity (Wildman–Crippen MR) is 98.3 cm³/mol. The molecule has 0 radical (unpaired) electrons. The van der Waals surface area contributed by atoms with Gasteiger partial charge in [0.15, 0.2) is 5.82 Å². The van der Waals surface area contributed by atoms with Crippen molar-refractivity contribution in [1.29, 1.82) is 0 Å². The lowest BCUT2D eigenvalue weighted by molar-refractivity contribution is 0.417. The molecule has 2 N–H and O–H groups in total. The Morgan fingerprint density at radius 2 is 1.88 bits per heavy atom. The molecule has 2 aromatic carbocycles. The largest absolute Gasteiger partial charge is 0.495 e. The fourth-order valence-corrected chi connectivity index (χ4v) is 2.67. The Hall–Kier alpha value is -2.67. The predicted octanol–water partition coefficient (Wildman–Crippen LogP) is 4.44. The SMILES string of the molecule is COc1ccccc1Nc1nncc(Nc2ccc(Br)cc2C)n1. The highest BCUT2D eigenvalue weighted by Gasteiger charge is 2.07. The van der Waals surface area contributed by atoms with E-state index in [2.05, 4.69) is 41.7 Å². The first-order valence-corrected chi connectivity index (χ1v) is 8.08. The van der Waals surface area contributed by atoms with Crippen molar-refractivity contribution >= 4 is 39.1 Å². The maximum absolute atomic E-state index is 5.31. The van der Waals surface area contributed by atoms with E-state index in [-0.39, 0.29) is 0 Å². The third-order valence-corrected chi connectivity index (χ3v) is 3.86. The number of rotatable bonds is 5. The lowest BCUT2D eigenvalue weighted by Crippen LogP contribution is -2.03. The van der Waals surface area contributed by atoms with E-state index >= 15 is 0 Å². The zero-order chi connectivity index (χ0) is 16.9. The normalized spacial score (nSPS) is 10.3. The molecule has 0 aliphatic carbocycles. The van der Waals surface area contributed by atoms with Crippen LogP contribution in [0.15, 0.2) is 53.1 Å². The van der Waals surface area contributed by atoms with Crippen molar-refractivity contribution in [1.82, 2.24) is 15.2 Å². The number of hydrogen-bond donors (Lipinski definition) is 2. The van der Waals surface area contributed by atoms with Crippen molar-refractivity contribution in [2.75, 3.05) is 17.7 Å². The molecular formula is C17H16BrN5O. The van der Waals surface area contributed by atoms with Crippen LogP contribution in [0.3, 0.4) is 0 Å². The number of halogens is 1. The van der Waals surface area contributed by atoms with Crippen LogP contribution < -0.4 is 15.4 Å². The molecule has 0 aliphatic heterocycles. The first kappa shape index (κ1) is 16.2. The molecule has 0 atom stereocenters. The topological polar surface area (TPSA) is 72.0 Å². The van der Waals surface area contributed by atoms with Crippen LogP contribution in [0.25, 0.3) is 0 Å². The van der Waals surface area contributed by atoms with Gasteiger partial charge >= 0.3 is 0 Å². The molecule has 122 valence electrons. The third kappa shape index (κ3) is 3.80. The molecule has 0 bridgehead atoms. The van der Waals surface area contributed by atoms with Crippen molar-refractivity contribution in [3.8, 4) is 5.75 Å². The molecule has 7 heteroatoms. The van der Waals surface area contributed by atoms with Crippen molar-refractivity contribution in [2.45, 2.75) is 6.92 Å². The summed E-state index contributed by atoms with van der Waals surface area (Å²) in [6.07, 6.45) is 1.58. The summed E-state index contributed by atoms with van der Waals surface area (Å²) in [6.45, 7) is 2.02. The van der Waals surface area contributed by atoms with Crippen LogP contribution >= 0.6 is 15.9 Å². The monoisotopic (exact) mass is 385 g/mol. The smallest absolute Gasteiger partial charge is 0.249 e. The molecule has 0 amide bonds. The minimum Gasteiger partial charge on any atom is -0.495 e. The van der Waals surface area contributed by atoms with Crippen molar-refractivity contribution in [3.63, 3.8) is 0 Å². The summed E-state index contributed by atoms with van der Waals surface area (Å²) in [5.74, 6) is 1.70. The van der Waals surface area contributed by atoms with E-state index in [1.807, 2.05) is 49.4 Å². The van der Waals surface area contributed by atoms with Crippen molar-refractivity contribution < 1.29 is 4.74 Å². The van der Waals surface area contributed by atoms with Gasteiger partial charge in [0, 0.05) is 10.2 Å². The van der Waals surface area contributed by atoms with Crippen LogP contribution in [0.4, 0.5) is 23.1 Å². The third-order valence-electron chi connectivity index (χ3n) is 3.36. The lowest BCUT2D eigenvalue weighted by atomic mass is 10.2. The van der Waals surface area contributed by atoms with E-state index in [0.717, 1.165) is 21.4 Å². The summed E-state index contributed by atoms with van der Waals surface area (Å²) < 4.78 is 6.34. The maximum Gasteiger partial charge on any atom is 0.249 e. The first-order chi connectivity index (χ1) is 11.7. The van der Waals surface area contributed by atoms with Crippen LogP contribution in [-0.4, -0.2) is 22.3 Å². The molecule has 1 aromatic heterocycles. The number of aryl methyl sites for hydroxylation is 1. The van der Waals surface area contributed by atoms with Crippen LogP contribution in [0.2, 0.25) is 0 Å². The number of aromatic nitrogens is 3. The number of para-hydroxylation sites is 2. The Morgan fingerprint density at radius 3 is 2.67 bits per heavy atom. The Morgan fingerprint density at radius 1 is 1.04 bits per heavy atom. The number of nitrogens with one attached hydrogen (secondary N) is 2. The second kappa shape index (κ2) is 7.27. The molecule has 0 aliphatic rings. The second-order valence-electron chi connectivity index (χ2n) is 5.07. The number of nitrogens with zero attached hydrogens (tertiary/aromatic N) is 3. The van der Waals surface area contributed by atoms with Gasteiger partial charge in [-0.25, -0.2) is 0 Å². The van der Waals surface area contributed by atoms with Crippen LogP contribution in [0, 0.1) is 6.92 Å². The molecule has 0 spiro atoms. The molecule has 24 heavy (non-hydrogen) atoms. The summed E-state index contributed by atoms with van der Waals surface area (Å²) in [4.78, 5) is 4.44. The number of anilines is 4. The van der Waals surface area contributed by atoms with E-state index < -0.39 is 0 Å². The second-order valence-corrected chi connectivity index (χ2v) is 5.99. The molecule has 3 aromatic rings. The minimum absolute atomic E-state index is 0.388. The highest BCUT2D eigenvalue weighted by atomic mass is 79.9. The van der Waals surface area contributed by atoms with E-state index in [1.54, 1.807) is 13.3 Å². The van der Waals surface area contributed by atoms with E-state index in [0.29, 0.717) is 17.5 Å². The molecule has 0 unspecified atom stereocenters. The summed E-state index contributed by atoms with van der Waals surface area (Å²) in [6, 6.07) is 13.5. The summed E-state index contributed by atoms with van der Waals surface area (Å²) in [5.41, 5.74) is 2.84. The zero-order valence-electron chi connectivity index (χ0n) is 13.2. The Labute approximate surface area is 148 Å². The quantitative estimate of drug-likeness (QED) is 0.676. The Balaban J connectivity index is 1.81. The van der Waals surface area contributed by atoms with Gasteiger partial charge in [0.05, 0.1) is 19.0 Å². The molecule has 1 heterocycles. The average Bonchev–Trinajstić information content (AvgIpc) is 2.58. The van der Waals surface area contributed by atoms with Gasteiger partial charge in [-0.15, -0.1) is 5.10 Å². The minimum atomic E-state index is 0.388. The van der Waals surface area contributed by atoms with Gasteiger partial charge < -0.3 is 15.4 Å². The first-order valence-electron chi connectivity index (χ1n) is 7.28. The van der Waals surface area contributed by atoms with E-state index in [1.165, 1.54) is 0 Å². The Kier molecular flexibility index (Phi) is 4.90. The average molecular weight is 386 g/mol. The maximum atomic E-state index is 5.31. The van der Waals surface area contributed by atoms with Crippen molar-refractivity contribution in [2.24, 2.45) is 0 Å². The number of benzene rings is 2. The molecule has 0 saturated carbocycles. The van der Waals surface area contributed by atoms with Gasteiger partial charge in [-0.1, -0.05) is 28.1 Å². The lowest BCUT2D eigenvalue weighted by Gasteiger charge is -2.11. The highest BCUT2D eigenvalue weighted by molar-refractivity contribution is 9.10.